The summed E-state index contributed by atoms with van der Waals surface area (Å²) in [6.45, 7) is 1.36. The minimum absolute atomic E-state index is 0.222. The fourth-order valence-corrected chi connectivity index (χ4v) is 1.81. The zero-order valence-corrected chi connectivity index (χ0v) is 9.35. The van der Waals surface area contributed by atoms with Gasteiger partial charge in [-0.2, -0.15) is 0 Å². The van der Waals surface area contributed by atoms with E-state index in [0.29, 0.717) is 16.5 Å². The van der Waals surface area contributed by atoms with Gasteiger partial charge in [-0.25, -0.2) is 9.59 Å². The minimum atomic E-state index is -1.34. The van der Waals surface area contributed by atoms with E-state index in [0.717, 1.165) is 0 Å². The van der Waals surface area contributed by atoms with E-state index in [2.05, 4.69) is 4.98 Å². The van der Waals surface area contributed by atoms with Crippen molar-refractivity contribution < 1.29 is 24.6 Å². The summed E-state index contributed by atoms with van der Waals surface area (Å²) >= 11 is 0. The standard InChI is InChI=1S/C12H9NO5/c1-5(14)9-4-13-10-3-8(12(17)18)7(11(15)16)2-6(9)10/h2-4,13H,1H3,(H,15,16)(H,17,18). The van der Waals surface area contributed by atoms with Crippen LogP contribution in [-0.4, -0.2) is 32.9 Å². The third kappa shape index (κ3) is 1.73. The highest BCUT2D eigenvalue weighted by molar-refractivity contribution is 6.11. The molecule has 6 nitrogen and oxygen atoms in total. The average Bonchev–Trinajstić information content (AvgIpc) is 2.69. The molecule has 3 N–H and O–H groups in total. The molecular weight excluding hydrogens is 238 g/mol. The average molecular weight is 247 g/mol. The lowest BCUT2D eigenvalue weighted by Crippen LogP contribution is -2.08. The van der Waals surface area contributed by atoms with Gasteiger partial charge in [-0.3, -0.25) is 4.79 Å². The van der Waals surface area contributed by atoms with Crippen LogP contribution in [-0.2, 0) is 0 Å². The summed E-state index contributed by atoms with van der Waals surface area (Å²) in [5.41, 5.74) is 0.107. The van der Waals surface area contributed by atoms with Crippen LogP contribution < -0.4 is 0 Å². The predicted molar refractivity (Wildman–Crippen MR) is 62.2 cm³/mol. The molecule has 0 amide bonds. The number of ketones is 1. The molecule has 0 aliphatic rings. The second kappa shape index (κ2) is 3.99. The maximum atomic E-state index is 11.3. The number of H-pyrrole nitrogens is 1. The second-order valence-electron chi connectivity index (χ2n) is 3.81. The van der Waals surface area contributed by atoms with Gasteiger partial charge in [0.15, 0.2) is 5.78 Å². The topological polar surface area (TPSA) is 107 Å². The van der Waals surface area contributed by atoms with E-state index in [1.165, 1.54) is 25.3 Å². The highest BCUT2D eigenvalue weighted by Gasteiger charge is 2.19. The zero-order valence-electron chi connectivity index (χ0n) is 9.35. The van der Waals surface area contributed by atoms with Gasteiger partial charge in [0.1, 0.15) is 0 Å². The molecule has 0 unspecified atom stereocenters. The van der Waals surface area contributed by atoms with E-state index < -0.39 is 11.9 Å². The van der Waals surface area contributed by atoms with Crippen LogP contribution in [0.4, 0.5) is 0 Å². The molecule has 0 spiro atoms. The van der Waals surface area contributed by atoms with Crippen LogP contribution in [0.15, 0.2) is 18.3 Å². The molecule has 0 atom stereocenters. The first-order valence-corrected chi connectivity index (χ1v) is 5.04. The van der Waals surface area contributed by atoms with E-state index in [1.807, 2.05) is 0 Å². The van der Waals surface area contributed by atoms with Gasteiger partial charge in [-0.1, -0.05) is 0 Å². The SMILES string of the molecule is CC(=O)c1c[nH]c2cc(C(=O)O)c(C(=O)O)cc12. The number of aromatic amines is 1. The molecule has 1 aromatic carbocycles. The fraction of sp³-hybridized carbons (Fsp3) is 0.0833. The van der Waals surface area contributed by atoms with Crippen LogP contribution in [0, 0.1) is 0 Å². The Morgan fingerprint density at radius 3 is 2.06 bits per heavy atom. The van der Waals surface area contributed by atoms with E-state index in [4.69, 9.17) is 10.2 Å². The van der Waals surface area contributed by atoms with Crippen molar-refractivity contribution in [2.45, 2.75) is 6.92 Å². The monoisotopic (exact) mass is 247 g/mol. The van der Waals surface area contributed by atoms with Gasteiger partial charge in [0.2, 0.25) is 0 Å². The third-order valence-corrected chi connectivity index (χ3v) is 2.66. The number of aromatic carboxylic acids is 2. The van der Waals surface area contributed by atoms with E-state index >= 15 is 0 Å². The van der Waals surface area contributed by atoms with Gasteiger partial charge >= 0.3 is 11.9 Å². The van der Waals surface area contributed by atoms with Crippen molar-refractivity contribution in [3.63, 3.8) is 0 Å². The number of carboxylic acid groups (broad SMARTS) is 2. The summed E-state index contributed by atoms with van der Waals surface area (Å²) in [6.07, 6.45) is 1.43. The predicted octanol–water partition coefficient (Wildman–Crippen LogP) is 1.77. The summed E-state index contributed by atoms with van der Waals surface area (Å²) in [4.78, 5) is 36.1. The first-order valence-electron chi connectivity index (χ1n) is 5.04. The summed E-state index contributed by atoms with van der Waals surface area (Å²) in [7, 11) is 0. The highest BCUT2D eigenvalue weighted by atomic mass is 16.4. The largest absolute Gasteiger partial charge is 0.478 e. The molecule has 0 bridgehead atoms. The van der Waals surface area contributed by atoms with Crippen molar-refractivity contribution in [3.8, 4) is 0 Å². The maximum absolute atomic E-state index is 11.3. The van der Waals surface area contributed by atoms with Gasteiger partial charge < -0.3 is 15.2 Å². The number of carbonyl (C=O) groups excluding carboxylic acids is 1. The van der Waals surface area contributed by atoms with Crippen molar-refractivity contribution in [2.24, 2.45) is 0 Å². The molecule has 0 aliphatic heterocycles. The number of Topliss-reactive ketones (excluding diaryl/α,β-unsaturated/α-hetero) is 1. The van der Waals surface area contributed by atoms with E-state index in [-0.39, 0.29) is 16.9 Å². The Balaban J connectivity index is 2.83. The normalized spacial score (nSPS) is 10.5. The number of carboxylic acids is 2. The van der Waals surface area contributed by atoms with Gasteiger partial charge in [0.05, 0.1) is 11.1 Å². The van der Waals surface area contributed by atoms with E-state index in [9.17, 15) is 14.4 Å². The lowest BCUT2D eigenvalue weighted by Gasteiger charge is -2.02. The van der Waals surface area contributed by atoms with Gasteiger partial charge in [0.25, 0.3) is 0 Å². The quantitative estimate of drug-likeness (QED) is 0.716. The zero-order chi connectivity index (χ0) is 13.4. The molecule has 92 valence electrons. The fourth-order valence-electron chi connectivity index (χ4n) is 1.81. The molecule has 0 saturated heterocycles. The Morgan fingerprint density at radius 1 is 1.00 bits per heavy atom. The van der Waals surface area contributed by atoms with E-state index in [1.54, 1.807) is 0 Å². The number of hydrogen-bond donors (Lipinski definition) is 3. The lowest BCUT2D eigenvalue weighted by atomic mass is 10.0. The second-order valence-corrected chi connectivity index (χ2v) is 3.81. The molecule has 2 aromatic rings. The first kappa shape index (κ1) is 11.8. The summed E-state index contributed by atoms with van der Waals surface area (Å²) in [6, 6.07) is 2.42. The number of fused-ring (bicyclic) bond motifs is 1. The molecule has 18 heavy (non-hydrogen) atoms. The Bertz CT molecular complexity index is 683. The van der Waals surface area contributed by atoms with Crippen molar-refractivity contribution in [3.05, 3.63) is 35.0 Å². The number of aromatic nitrogens is 1. The number of benzene rings is 1. The van der Waals surface area contributed by atoms with Crippen LogP contribution in [0.2, 0.25) is 0 Å². The molecular formula is C12H9NO5. The Morgan fingerprint density at radius 2 is 1.56 bits per heavy atom. The molecule has 1 aromatic heterocycles. The van der Waals surface area contributed by atoms with Crippen molar-refractivity contribution >= 4 is 28.6 Å². The molecule has 6 heteroatoms. The Kier molecular flexibility index (Phi) is 2.63. The minimum Gasteiger partial charge on any atom is -0.478 e. The van der Waals surface area contributed by atoms with Crippen LogP contribution >= 0.6 is 0 Å². The molecule has 1 heterocycles. The molecule has 0 aliphatic carbocycles. The maximum Gasteiger partial charge on any atom is 0.336 e. The number of nitrogens with one attached hydrogen (secondary N) is 1. The van der Waals surface area contributed by atoms with Crippen LogP contribution in [0.1, 0.15) is 38.0 Å². The molecule has 0 radical (unpaired) electrons. The summed E-state index contributed by atoms with van der Waals surface area (Å²) < 4.78 is 0. The number of rotatable bonds is 3. The lowest BCUT2D eigenvalue weighted by molar-refractivity contribution is 0.0652. The smallest absolute Gasteiger partial charge is 0.336 e. The number of carbonyl (C=O) groups is 3. The van der Waals surface area contributed by atoms with Crippen molar-refractivity contribution in [2.75, 3.05) is 0 Å². The van der Waals surface area contributed by atoms with Crippen molar-refractivity contribution in [1.82, 2.24) is 4.98 Å². The van der Waals surface area contributed by atoms with Crippen LogP contribution in [0.3, 0.4) is 0 Å². The third-order valence-electron chi connectivity index (χ3n) is 2.66. The highest BCUT2D eigenvalue weighted by Crippen LogP contribution is 2.23. The molecule has 0 fully saturated rings. The first-order chi connectivity index (χ1) is 8.41. The van der Waals surface area contributed by atoms with Crippen LogP contribution in [0.5, 0.6) is 0 Å². The van der Waals surface area contributed by atoms with Gasteiger partial charge in [-0.15, -0.1) is 0 Å². The number of hydrogen-bond acceptors (Lipinski definition) is 3. The summed E-state index contributed by atoms with van der Waals surface area (Å²) in [5, 5.41) is 18.3. The molecule has 2 rings (SSSR count). The van der Waals surface area contributed by atoms with Gasteiger partial charge in [-0.05, 0) is 19.1 Å². The van der Waals surface area contributed by atoms with Gasteiger partial charge in [0, 0.05) is 22.7 Å². The molecule has 0 saturated carbocycles. The Hall–Kier alpha value is -2.63. The summed E-state index contributed by atoms with van der Waals surface area (Å²) in [5.74, 6) is -2.89. The van der Waals surface area contributed by atoms with Crippen molar-refractivity contribution in [1.29, 1.82) is 0 Å². The Labute approximate surface area is 101 Å². The van der Waals surface area contributed by atoms with Crippen LogP contribution in [0.25, 0.3) is 10.9 Å².